The van der Waals surface area contributed by atoms with Gasteiger partial charge in [0.15, 0.2) is 0 Å². The first-order chi connectivity index (χ1) is 7.41. The van der Waals surface area contributed by atoms with Gasteiger partial charge in [-0.25, -0.2) is 8.42 Å². The summed E-state index contributed by atoms with van der Waals surface area (Å²) in [6, 6.07) is 4.42. The zero-order chi connectivity index (χ0) is 11.9. The number of benzene rings is 1. The highest BCUT2D eigenvalue weighted by atomic mass is 35.5. The predicted molar refractivity (Wildman–Crippen MR) is 64.4 cm³/mol. The number of nitrogens with zero attached hydrogens (tertiary/aromatic N) is 1. The molecule has 0 amide bonds. The van der Waals surface area contributed by atoms with E-state index in [9.17, 15) is 8.42 Å². The summed E-state index contributed by atoms with van der Waals surface area (Å²) in [6.45, 7) is 2.45. The van der Waals surface area contributed by atoms with E-state index in [0.717, 1.165) is 6.42 Å². The van der Waals surface area contributed by atoms with Crippen LogP contribution in [0.3, 0.4) is 0 Å². The Morgan fingerprint density at radius 1 is 1.25 bits per heavy atom. The Bertz CT molecular complexity index is 495. The minimum absolute atomic E-state index is 0.0581. The van der Waals surface area contributed by atoms with Gasteiger partial charge in [0.1, 0.15) is 0 Å². The molecule has 1 aromatic rings. The number of halogens is 2. The van der Waals surface area contributed by atoms with E-state index < -0.39 is 10.0 Å². The third-order valence-corrected chi connectivity index (χ3v) is 5.13. The lowest BCUT2D eigenvalue weighted by molar-refractivity contribution is 0.217. The lowest BCUT2D eigenvalue weighted by Crippen LogP contribution is -2.49. The first-order valence-electron chi connectivity index (χ1n) is 4.89. The molecule has 1 aliphatic heterocycles. The van der Waals surface area contributed by atoms with Crippen molar-refractivity contribution in [3.05, 3.63) is 28.2 Å². The fourth-order valence-electron chi connectivity index (χ4n) is 1.66. The van der Waals surface area contributed by atoms with Crippen molar-refractivity contribution in [2.24, 2.45) is 0 Å². The molecule has 0 aliphatic carbocycles. The Morgan fingerprint density at radius 2 is 1.81 bits per heavy atom. The molecule has 1 unspecified atom stereocenters. The molecule has 1 saturated heterocycles. The van der Waals surface area contributed by atoms with Gasteiger partial charge < -0.3 is 0 Å². The van der Waals surface area contributed by atoms with E-state index in [2.05, 4.69) is 0 Å². The van der Waals surface area contributed by atoms with Crippen molar-refractivity contribution in [2.75, 3.05) is 6.54 Å². The average molecular weight is 280 g/mol. The van der Waals surface area contributed by atoms with Crippen molar-refractivity contribution in [3.8, 4) is 0 Å². The molecule has 1 aromatic carbocycles. The molecule has 3 nitrogen and oxygen atoms in total. The molecule has 0 bridgehead atoms. The van der Waals surface area contributed by atoms with Gasteiger partial charge in [-0.15, -0.1) is 0 Å². The van der Waals surface area contributed by atoms with E-state index in [1.165, 1.54) is 22.5 Å². The largest absolute Gasteiger partial charge is 0.243 e. The van der Waals surface area contributed by atoms with Crippen LogP contribution in [-0.4, -0.2) is 25.3 Å². The van der Waals surface area contributed by atoms with E-state index in [4.69, 9.17) is 23.2 Å². The molecule has 1 atom stereocenters. The highest BCUT2D eigenvalue weighted by Crippen LogP contribution is 2.29. The van der Waals surface area contributed by atoms with Gasteiger partial charge in [0, 0.05) is 22.6 Å². The Balaban J connectivity index is 2.43. The van der Waals surface area contributed by atoms with Crippen LogP contribution in [0.5, 0.6) is 0 Å². The van der Waals surface area contributed by atoms with Crippen molar-refractivity contribution in [1.82, 2.24) is 4.31 Å². The van der Waals surface area contributed by atoms with E-state index in [-0.39, 0.29) is 10.9 Å². The van der Waals surface area contributed by atoms with Gasteiger partial charge in [-0.2, -0.15) is 4.31 Å². The third kappa shape index (κ3) is 2.07. The number of sulfonamides is 1. The standard InChI is InChI=1S/C10H11Cl2NO2S/c1-7-2-3-13(7)16(14,15)10-5-8(11)4-9(12)6-10/h4-7H,2-3H2,1H3. The molecular formula is C10H11Cl2NO2S. The Morgan fingerprint density at radius 3 is 2.19 bits per heavy atom. The van der Waals surface area contributed by atoms with Gasteiger partial charge >= 0.3 is 0 Å². The maximum Gasteiger partial charge on any atom is 0.243 e. The smallest absolute Gasteiger partial charge is 0.207 e. The minimum Gasteiger partial charge on any atom is -0.207 e. The summed E-state index contributed by atoms with van der Waals surface area (Å²) in [5.41, 5.74) is 0. The Kier molecular flexibility index (Phi) is 3.18. The van der Waals surface area contributed by atoms with Crippen LogP contribution in [0.15, 0.2) is 23.1 Å². The molecule has 1 fully saturated rings. The molecule has 1 heterocycles. The molecule has 1 aliphatic rings. The minimum atomic E-state index is -3.43. The van der Waals surface area contributed by atoms with Gasteiger partial charge in [-0.1, -0.05) is 23.2 Å². The summed E-state index contributed by atoms with van der Waals surface area (Å²) < 4.78 is 25.7. The molecule has 2 rings (SSSR count). The molecule has 6 heteroatoms. The maximum absolute atomic E-state index is 12.1. The molecule has 88 valence electrons. The van der Waals surface area contributed by atoms with Crippen LogP contribution < -0.4 is 0 Å². The Hall–Kier alpha value is -0.290. The second kappa shape index (κ2) is 4.18. The lowest BCUT2D eigenvalue weighted by atomic mass is 10.1. The monoisotopic (exact) mass is 279 g/mol. The summed E-state index contributed by atoms with van der Waals surface area (Å²) >= 11 is 11.6. The van der Waals surface area contributed by atoms with Gasteiger partial charge in [0.25, 0.3) is 0 Å². The topological polar surface area (TPSA) is 37.4 Å². The van der Waals surface area contributed by atoms with Gasteiger partial charge in [0.2, 0.25) is 10.0 Å². The fourth-order valence-corrected chi connectivity index (χ4v) is 4.07. The van der Waals surface area contributed by atoms with Crippen LogP contribution in [0.4, 0.5) is 0 Å². The van der Waals surface area contributed by atoms with E-state index in [1.54, 1.807) is 0 Å². The third-order valence-electron chi connectivity index (χ3n) is 2.70. The predicted octanol–water partition coefficient (Wildman–Crippen LogP) is 2.78. The maximum atomic E-state index is 12.1. The molecule has 0 radical (unpaired) electrons. The summed E-state index contributed by atoms with van der Waals surface area (Å²) in [7, 11) is -3.43. The summed E-state index contributed by atoms with van der Waals surface area (Å²) in [6.07, 6.45) is 0.896. The van der Waals surface area contributed by atoms with Gasteiger partial charge in [-0.3, -0.25) is 0 Å². The van der Waals surface area contributed by atoms with E-state index >= 15 is 0 Å². The number of hydrogen-bond acceptors (Lipinski definition) is 2. The highest BCUT2D eigenvalue weighted by molar-refractivity contribution is 7.89. The van der Waals surface area contributed by atoms with Crippen LogP contribution in [0, 0.1) is 0 Å². The van der Waals surface area contributed by atoms with Crippen LogP contribution in [0.25, 0.3) is 0 Å². The van der Waals surface area contributed by atoms with E-state index in [0.29, 0.717) is 16.6 Å². The first kappa shape index (κ1) is 12.2. The first-order valence-corrected chi connectivity index (χ1v) is 7.09. The summed E-state index contributed by atoms with van der Waals surface area (Å²) in [4.78, 5) is 0.163. The molecule has 0 N–H and O–H groups in total. The fraction of sp³-hybridized carbons (Fsp3) is 0.400. The number of rotatable bonds is 2. The van der Waals surface area contributed by atoms with Crippen LogP contribution in [0.2, 0.25) is 10.0 Å². The van der Waals surface area contributed by atoms with Crippen LogP contribution in [0.1, 0.15) is 13.3 Å². The average Bonchev–Trinajstić information content (AvgIpc) is 2.13. The number of hydrogen-bond donors (Lipinski definition) is 0. The normalized spacial score (nSPS) is 21.8. The molecule has 16 heavy (non-hydrogen) atoms. The SMILES string of the molecule is CC1CCN1S(=O)(=O)c1cc(Cl)cc(Cl)c1. The second-order valence-corrected chi connectivity index (χ2v) is 6.62. The van der Waals surface area contributed by atoms with Gasteiger partial charge in [0.05, 0.1) is 4.90 Å². The van der Waals surface area contributed by atoms with Gasteiger partial charge in [-0.05, 0) is 31.5 Å². The summed E-state index contributed by atoms with van der Waals surface area (Å²) in [5, 5.41) is 0.665. The van der Waals surface area contributed by atoms with E-state index in [1.807, 2.05) is 6.92 Å². The van der Waals surface area contributed by atoms with Crippen molar-refractivity contribution in [3.63, 3.8) is 0 Å². The van der Waals surface area contributed by atoms with Crippen molar-refractivity contribution in [2.45, 2.75) is 24.3 Å². The van der Waals surface area contributed by atoms with Crippen molar-refractivity contribution in [1.29, 1.82) is 0 Å². The highest BCUT2D eigenvalue weighted by Gasteiger charge is 2.35. The quantitative estimate of drug-likeness (QED) is 0.835. The lowest BCUT2D eigenvalue weighted by Gasteiger charge is -2.37. The van der Waals surface area contributed by atoms with Crippen molar-refractivity contribution >= 4 is 33.2 Å². The summed E-state index contributed by atoms with van der Waals surface area (Å²) in [5.74, 6) is 0. The zero-order valence-electron chi connectivity index (χ0n) is 8.65. The van der Waals surface area contributed by atoms with Crippen LogP contribution in [-0.2, 0) is 10.0 Å². The van der Waals surface area contributed by atoms with Crippen molar-refractivity contribution < 1.29 is 8.42 Å². The molecule has 0 aromatic heterocycles. The second-order valence-electron chi connectivity index (χ2n) is 3.86. The molecule has 0 saturated carbocycles. The van der Waals surface area contributed by atoms with Crippen LogP contribution >= 0.6 is 23.2 Å². The molecular weight excluding hydrogens is 269 g/mol. The Labute approximate surface area is 105 Å². The zero-order valence-corrected chi connectivity index (χ0v) is 11.0. The molecule has 0 spiro atoms.